The summed E-state index contributed by atoms with van der Waals surface area (Å²) in [6.45, 7) is 2.00. The molecule has 0 amide bonds. The van der Waals surface area contributed by atoms with Crippen molar-refractivity contribution in [1.29, 1.82) is 0 Å². The number of rotatable bonds is 2. The first-order valence-electron chi connectivity index (χ1n) is 5.46. The van der Waals surface area contributed by atoms with Crippen molar-refractivity contribution in [2.75, 3.05) is 24.5 Å². The zero-order valence-electron chi connectivity index (χ0n) is 8.89. The lowest BCUT2D eigenvalue weighted by atomic mass is 9.93. The molecule has 1 unspecified atom stereocenters. The van der Waals surface area contributed by atoms with Crippen LogP contribution in [0.5, 0.6) is 0 Å². The summed E-state index contributed by atoms with van der Waals surface area (Å²) in [7, 11) is 0. The number of nitrogens with zero attached hydrogens (tertiary/aromatic N) is 1. The second-order valence-corrected chi connectivity index (χ2v) is 4.29. The Bertz CT molecular complexity index is 315. The zero-order chi connectivity index (χ0) is 10.7. The van der Waals surface area contributed by atoms with Gasteiger partial charge in [-0.1, -0.05) is 18.2 Å². The number of anilines is 1. The third-order valence-electron chi connectivity index (χ3n) is 3.06. The third-order valence-corrected chi connectivity index (χ3v) is 3.06. The Labute approximate surface area is 90.5 Å². The molecule has 15 heavy (non-hydrogen) atoms. The molecule has 2 rings (SSSR count). The Balaban J connectivity index is 2.11. The number of nitrogens with two attached hydrogens (primary N) is 1. The van der Waals surface area contributed by atoms with Gasteiger partial charge in [-0.3, -0.25) is 0 Å². The van der Waals surface area contributed by atoms with Crippen LogP contribution in [0.1, 0.15) is 12.8 Å². The van der Waals surface area contributed by atoms with Gasteiger partial charge in [0.15, 0.2) is 0 Å². The lowest BCUT2D eigenvalue weighted by molar-refractivity contribution is 0.0347. The summed E-state index contributed by atoms with van der Waals surface area (Å²) >= 11 is 0. The molecular formula is C12H18N2O. The van der Waals surface area contributed by atoms with E-state index >= 15 is 0 Å². The fourth-order valence-corrected chi connectivity index (χ4v) is 2.14. The molecule has 1 atom stereocenters. The highest BCUT2D eigenvalue weighted by molar-refractivity contribution is 5.46. The summed E-state index contributed by atoms with van der Waals surface area (Å²) in [6, 6.07) is 10.2. The normalized spacial score (nSPS) is 26.7. The maximum absolute atomic E-state index is 10.1. The maximum Gasteiger partial charge on any atom is 0.0943 e. The molecule has 1 aliphatic heterocycles. The first kappa shape index (κ1) is 10.5. The first-order chi connectivity index (χ1) is 7.23. The maximum atomic E-state index is 10.1. The van der Waals surface area contributed by atoms with Gasteiger partial charge >= 0.3 is 0 Å². The number of benzene rings is 1. The summed E-state index contributed by atoms with van der Waals surface area (Å²) < 4.78 is 0. The number of β-amino-alcohol motifs (C(OH)–C–C–N with tert-alkyl or cyclic N) is 1. The molecule has 0 aromatic heterocycles. The Kier molecular flexibility index (Phi) is 2.93. The summed E-state index contributed by atoms with van der Waals surface area (Å²) in [6.07, 6.45) is 1.81. The van der Waals surface area contributed by atoms with Gasteiger partial charge in [-0.2, -0.15) is 0 Å². The molecule has 0 radical (unpaired) electrons. The smallest absolute Gasteiger partial charge is 0.0943 e. The molecule has 0 aliphatic carbocycles. The molecular weight excluding hydrogens is 188 g/mol. The Morgan fingerprint density at radius 2 is 2.07 bits per heavy atom. The van der Waals surface area contributed by atoms with E-state index in [1.165, 1.54) is 5.69 Å². The second-order valence-electron chi connectivity index (χ2n) is 4.29. The van der Waals surface area contributed by atoms with Gasteiger partial charge in [0.25, 0.3) is 0 Å². The van der Waals surface area contributed by atoms with E-state index in [0.29, 0.717) is 13.1 Å². The average Bonchev–Trinajstić information content (AvgIpc) is 2.30. The summed E-state index contributed by atoms with van der Waals surface area (Å²) in [5.41, 5.74) is 6.07. The summed E-state index contributed by atoms with van der Waals surface area (Å²) in [5, 5.41) is 10.1. The number of para-hydroxylation sites is 1. The van der Waals surface area contributed by atoms with Crippen molar-refractivity contribution in [2.45, 2.75) is 18.4 Å². The fourth-order valence-electron chi connectivity index (χ4n) is 2.14. The van der Waals surface area contributed by atoms with Crippen LogP contribution in [-0.4, -0.2) is 30.3 Å². The van der Waals surface area contributed by atoms with Crippen molar-refractivity contribution < 1.29 is 5.11 Å². The molecule has 0 saturated carbocycles. The second kappa shape index (κ2) is 4.21. The fraction of sp³-hybridized carbons (Fsp3) is 0.500. The first-order valence-corrected chi connectivity index (χ1v) is 5.46. The molecule has 0 spiro atoms. The Morgan fingerprint density at radius 3 is 2.73 bits per heavy atom. The third kappa shape index (κ3) is 2.30. The van der Waals surface area contributed by atoms with Gasteiger partial charge in [-0.15, -0.1) is 0 Å². The largest absolute Gasteiger partial charge is 0.387 e. The van der Waals surface area contributed by atoms with Gasteiger partial charge in [-0.05, 0) is 25.0 Å². The van der Waals surface area contributed by atoms with Crippen LogP contribution in [0.25, 0.3) is 0 Å². The SMILES string of the molecule is NCC1(O)CCCN(c2ccccc2)C1. The van der Waals surface area contributed by atoms with Crippen molar-refractivity contribution in [2.24, 2.45) is 5.73 Å². The number of hydrogen-bond acceptors (Lipinski definition) is 3. The van der Waals surface area contributed by atoms with E-state index in [1.54, 1.807) is 0 Å². The van der Waals surface area contributed by atoms with E-state index in [4.69, 9.17) is 5.73 Å². The minimum atomic E-state index is -0.700. The summed E-state index contributed by atoms with van der Waals surface area (Å²) in [5.74, 6) is 0. The average molecular weight is 206 g/mol. The van der Waals surface area contributed by atoms with Crippen LogP contribution < -0.4 is 10.6 Å². The topological polar surface area (TPSA) is 49.5 Å². The van der Waals surface area contributed by atoms with Gasteiger partial charge in [0.1, 0.15) is 0 Å². The van der Waals surface area contributed by atoms with Crippen LogP contribution in [0, 0.1) is 0 Å². The van der Waals surface area contributed by atoms with E-state index in [-0.39, 0.29) is 0 Å². The van der Waals surface area contributed by atoms with Crippen LogP contribution in [0.4, 0.5) is 5.69 Å². The number of hydrogen-bond donors (Lipinski definition) is 2. The quantitative estimate of drug-likeness (QED) is 0.758. The van der Waals surface area contributed by atoms with Crippen LogP contribution in [0.2, 0.25) is 0 Å². The number of piperidine rings is 1. The van der Waals surface area contributed by atoms with Gasteiger partial charge < -0.3 is 15.7 Å². The highest BCUT2D eigenvalue weighted by atomic mass is 16.3. The van der Waals surface area contributed by atoms with Crippen molar-refractivity contribution in [3.63, 3.8) is 0 Å². The van der Waals surface area contributed by atoms with E-state index in [2.05, 4.69) is 17.0 Å². The highest BCUT2D eigenvalue weighted by Crippen LogP contribution is 2.24. The Morgan fingerprint density at radius 1 is 1.33 bits per heavy atom. The summed E-state index contributed by atoms with van der Waals surface area (Å²) in [4.78, 5) is 2.20. The molecule has 3 nitrogen and oxygen atoms in total. The predicted octanol–water partition coefficient (Wildman–Crippen LogP) is 0.977. The molecule has 1 aromatic carbocycles. The molecule has 3 heteroatoms. The van der Waals surface area contributed by atoms with Crippen molar-refractivity contribution >= 4 is 5.69 Å². The minimum Gasteiger partial charge on any atom is -0.387 e. The lowest BCUT2D eigenvalue weighted by Gasteiger charge is -2.39. The lowest BCUT2D eigenvalue weighted by Crippen LogP contribution is -2.52. The minimum absolute atomic E-state index is 0.344. The molecule has 82 valence electrons. The van der Waals surface area contributed by atoms with E-state index < -0.39 is 5.60 Å². The van der Waals surface area contributed by atoms with Gasteiger partial charge in [0, 0.05) is 25.3 Å². The van der Waals surface area contributed by atoms with Gasteiger partial charge in [0.2, 0.25) is 0 Å². The monoisotopic (exact) mass is 206 g/mol. The van der Waals surface area contributed by atoms with E-state index in [0.717, 1.165) is 19.4 Å². The standard InChI is InChI=1S/C12H18N2O/c13-9-12(15)7-4-8-14(10-12)11-5-2-1-3-6-11/h1-3,5-6,15H,4,7-10,13H2. The van der Waals surface area contributed by atoms with Crippen LogP contribution in [0.3, 0.4) is 0 Å². The molecule has 1 saturated heterocycles. The van der Waals surface area contributed by atoms with Crippen molar-refractivity contribution in [1.82, 2.24) is 0 Å². The van der Waals surface area contributed by atoms with Crippen molar-refractivity contribution in [3.05, 3.63) is 30.3 Å². The molecule has 1 aromatic rings. The van der Waals surface area contributed by atoms with E-state index in [9.17, 15) is 5.11 Å². The van der Waals surface area contributed by atoms with Gasteiger partial charge in [0.05, 0.1) is 5.60 Å². The zero-order valence-corrected chi connectivity index (χ0v) is 8.89. The van der Waals surface area contributed by atoms with Gasteiger partial charge in [-0.25, -0.2) is 0 Å². The molecule has 1 heterocycles. The van der Waals surface area contributed by atoms with Crippen LogP contribution in [0.15, 0.2) is 30.3 Å². The van der Waals surface area contributed by atoms with Crippen molar-refractivity contribution in [3.8, 4) is 0 Å². The van der Waals surface area contributed by atoms with Crippen LogP contribution >= 0.6 is 0 Å². The van der Waals surface area contributed by atoms with Crippen LogP contribution in [-0.2, 0) is 0 Å². The molecule has 1 aliphatic rings. The Hall–Kier alpha value is -1.06. The molecule has 0 bridgehead atoms. The van der Waals surface area contributed by atoms with E-state index in [1.807, 2.05) is 18.2 Å². The molecule has 3 N–H and O–H groups in total. The highest BCUT2D eigenvalue weighted by Gasteiger charge is 2.31. The molecule has 1 fully saturated rings. The predicted molar refractivity (Wildman–Crippen MR) is 61.9 cm³/mol. The number of aliphatic hydroxyl groups is 1.